The standard InChI is InChI=1S/C19H30O4Si.C16H25BrO4Si.C13H16O4.C10H11BrO4.C10H12O4.C3H7BO2.Br2/c1-13-10-17(23-24(6,7)19(2,3)4)15(14-8-9-14)11-16(13)22-12-18(20)21-5;1-11-8-14(21-22(6,7)16(2,3)4)12(17)9-13(11)20-10-15(18)19-5;1-8-5-11(14)10(9-3-4-9)6-12(8)17-7-13(15)16-2;1-6-3-8(12)7(11)4-9(6)15-5-10(13)14-2;1-7-5-8(11)3-4-9(7)14-6-10(12)13-2;5-4(6)3-1-2-3;1-2/h10-11,14H,8-9,12H2,1-7H3;8-9H,10H2,1-7H3;5-6,9,14H,3-4,7H2,1-2H3;3-4,12H,5H2,1-2H3;3-5,11H,6H2,1-2H3;3,5-6H,1-2H2;. The maximum atomic E-state index is 11.3. The molecule has 3 saturated carbocycles. The lowest BCUT2D eigenvalue weighted by atomic mass is 9.84. The molecule has 0 heterocycles. The number of hydrogen-bond acceptors (Lipinski definition) is 22. The fraction of sp³-hybridized carbons (Fsp3) is 0.507. The van der Waals surface area contributed by atoms with Crippen LogP contribution in [0.3, 0.4) is 0 Å². The van der Waals surface area contributed by atoms with E-state index in [0.29, 0.717) is 45.1 Å². The minimum atomic E-state index is -1.90. The van der Waals surface area contributed by atoms with Gasteiger partial charge in [-0.3, -0.25) is 0 Å². The molecule has 5 N–H and O–H groups in total. The minimum Gasteiger partial charge on any atom is -0.543 e. The van der Waals surface area contributed by atoms with Gasteiger partial charge in [0, 0.05) is 33.8 Å². The third-order valence-electron chi connectivity index (χ3n) is 16.6. The summed E-state index contributed by atoms with van der Waals surface area (Å²) in [5, 5.41) is 45.0. The van der Waals surface area contributed by atoms with Crippen molar-refractivity contribution in [3.63, 3.8) is 0 Å². The summed E-state index contributed by atoms with van der Waals surface area (Å²) in [5.41, 5.74) is 6.36. The summed E-state index contributed by atoms with van der Waals surface area (Å²) in [6, 6.07) is 19.2. The Balaban J connectivity index is 0.000000418. The van der Waals surface area contributed by atoms with Crippen LogP contribution in [0.4, 0.5) is 0 Å². The number of phenols is 3. The molecule has 0 aliphatic heterocycles. The van der Waals surface area contributed by atoms with Crippen LogP contribution in [0, 0.1) is 34.6 Å². The number of carbonyl (C=O) groups excluding carboxylic acids is 5. The van der Waals surface area contributed by atoms with Gasteiger partial charge in [-0.25, -0.2) is 24.0 Å². The topological polar surface area (TPSA) is 297 Å². The Kier molecular flexibility index (Phi) is 38.1. The monoisotopic (exact) mass is 1690 g/mol. The Bertz CT molecular complexity index is 3470. The molecule has 3 fully saturated rings. The second-order valence-electron chi connectivity index (χ2n) is 26.7. The number of carbonyl (C=O) groups is 5. The lowest BCUT2D eigenvalue weighted by molar-refractivity contribution is -0.143. The van der Waals surface area contributed by atoms with Crippen molar-refractivity contribution in [3.8, 4) is 57.5 Å². The van der Waals surface area contributed by atoms with Gasteiger partial charge in [0.05, 0.1) is 44.5 Å². The van der Waals surface area contributed by atoms with Crippen LogP contribution in [0.5, 0.6) is 57.5 Å². The summed E-state index contributed by atoms with van der Waals surface area (Å²) in [6.45, 7) is 31.1. The number of esters is 5. The van der Waals surface area contributed by atoms with E-state index in [2.05, 4.69) is 164 Å². The number of ether oxygens (including phenoxy) is 10. The lowest BCUT2D eigenvalue weighted by Crippen LogP contribution is -2.44. The molecule has 5 aromatic rings. The van der Waals surface area contributed by atoms with E-state index in [1.54, 1.807) is 44.2 Å². The van der Waals surface area contributed by atoms with Crippen LogP contribution in [-0.4, -0.2) is 148 Å². The Hall–Kier alpha value is -6.21. The van der Waals surface area contributed by atoms with Gasteiger partial charge in [0.15, 0.2) is 33.0 Å². The summed E-state index contributed by atoms with van der Waals surface area (Å²) in [7, 11) is 1.79. The number of phenolic OH excluding ortho intramolecular Hbond substituents is 3. The molecule has 29 heteroatoms. The average Bonchev–Trinajstić information content (AvgIpc) is 1.49. The molecule has 22 nitrogen and oxygen atoms in total. The Morgan fingerprint density at radius 2 is 0.730 bits per heavy atom. The second-order valence-corrected chi connectivity index (χ2v) is 37.9. The SMILES string of the molecule is BrBr.COC(=O)COc1cc(Br)c(O)cc1C.COC(=O)COc1cc(Br)c(O[Si](C)(C)C(C)(C)C)cc1C.COC(=O)COc1cc(C2CC2)c(O)cc1C.COC(=O)COc1cc(C2CC2)c(O[Si](C)(C)C(C)(C)C)cc1C.COC(=O)COc1ccc(O)cc1C.OB(O)C1CC1. The van der Waals surface area contributed by atoms with Gasteiger partial charge >= 0.3 is 37.0 Å². The van der Waals surface area contributed by atoms with Gasteiger partial charge in [-0.05, 0) is 246 Å². The van der Waals surface area contributed by atoms with E-state index < -0.39 is 47.6 Å². The molecule has 3 aliphatic carbocycles. The molecule has 0 unspecified atom stereocenters. The fourth-order valence-electron chi connectivity index (χ4n) is 7.90. The van der Waals surface area contributed by atoms with E-state index in [0.717, 1.165) is 80.8 Å². The largest absolute Gasteiger partial charge is 0.543 e. The van der Waals surface area contributed by atoms with Crippen LogP contribution in [0.2, 0.25) is 42.1 Å². The first-order valence-electron chi connectivity index (χ1n) is 32.1. The number of aryl methyl sites for hydroxylation is 5. The predicted octanol–water partition coefficient (Wildman–Crippen LogP) is 16.2. The first-order valence-corrected chi connectivity index (χ1v) is 43.2. The van der Waals surface area contributed by atoms with Crippen molar-refractivity contribution < 1.29 is 106 Å². The third kappa shape index (κ3) is 31.6. The van der Waals surface area contributed by atoms with E-state index >= 15 is 0 Å². The van der Waals surface area contributed by atoms with Crippen molar-refractivity contribution in [1.29, 1.82) is 0 Å². The van der Waals surface area contributed by atoms with Crippen molar-refractivity contribution in [2.45, 2.75) is 169 Å². The smallest absolute Gasteiger partial charge is 0.454 e. The van der Waals surface area contributed by atoms with Crippen LogP contribution >= 0.6 is 60.1 Å². The molecule has 0 radical (unpaired) electrons. The highest BCUT2D eigenvalue weighted by molar-refractivity contribution is 9.93. The number of rotatable bonds is 22. The third-order valence-corrected chi connectivity index (χ3v) is 26.5. The van der Waals surface area contributed by atoms with Crippen LogP contribution in [0.25, 0.3) is 0 Å². The van der Waals surface area contributed by atoms with Gasteiger partial charge in [-0.2, -0.15) is 0 Å². The Labute approximate surface area is 624 Å². The van der Waals surface area contributed by atoms with Crippen molar-refractivity contribution in [2.75, 3.05) is 68.6 Å². The van der Waals surface area contributed by atoms with Crippen LogP contribution < -0.4 is 32.5 Å². The van der Waals surface area contributed by atoms with Gasteiger partial charge in [-0.15, -0.1) is 0 Å². The lowest BCUT2D eigenvalue weighted by Gasteiger charge is -2.37. The molecule has 0 atom stereocenters. The Morgan fingerprint density at radius 3 is 1.07 bits per heavy atom. The molecular formula is C71H101BBr4O22Si2. The van der Waals surface area contributed by atoms with Crippen molar-refractivity contribution in [2.24, 2.45) is 0 Å². The van der Waals surface area contributed by atoms with Crippen molar-refractivity contribution >= 4 is 114 Å². The van der Waals surface area contributed by atoms with Gasteiger partial charge in [0.25, 0.3) is 8.32 Å². The molecule has 556 valence electrons. The zero-order valence-electron chi connectivity index (χ0n) is 61.1. The summed E-state index contributed by atoms with van der Waals surface area (Å²) >= 11 is 12.2. The van der Waals surface area contributed by atoms with Crippen LogP contribution in [0.15, 0.2) is 75.7 Å². The number of aromatic hydroxyl groups is 3. The highest BCUT2D eigenvalue weighted by Crippen LogP contribution is 2.49. The van der Waals surface area contributed by atoms with Crippen molar-refractivity contribution in [1.82, 2.24) is 0 Å². The van der Waals surface area contributed by atoms with E-state index in [4.69, 9.17) is 47.7 Å². The minimum absolute atomic E-state index is 0.0656. The molecule has 3 aliphatic rings. The van der Waals surface area contributed by atoms with Crippen LogP contribution in [0.1, 0.15) is 131 Å². The maximum absolute atomic E-state index is 11.3. The summed E-state index contributed by atoms with van der Waals surface area (Å²) in [6.07, 6.45) is 6.58. The van der Waals surface area contributed by atoms with E-state index in [1.165, 1.54) is 60.0 Å². The fourth-order valence-corrected chi connectivity index (χ4v) is 10.8. The first kappa shape index (κ1) is 89.9. The van der Waals surface area contributed by atoms with Crippen LogP contribution in [-0.2, 0) is 47.7 Å². The zero-order chi connectivity index (χ0) is 76.2. The number of hydrogen-bond donors (Lipinski definition) is 5. The molecule has 0 bridgehead atoms. The molecule has 0 amide bonds. The predicted molar refractivity (Wildman–Crippen MR) is 404 cm³/mol. The van der Waals surface area contributed by atoms with Gasteiger partial charge < -0.3 is 81.6 Å². The maximum Gasteiger partial charge on any atom is 0.454 e. The van der Waals surface area contributed by atoms with Gasteiger partial charge in [0.1, 0.15) is 57.5 Å². The quantitative estimate of drug-likeness (QED) is 0.0244. The average molecular weight is 1690 g/mol. The molecule has 0 spiro atoms. The Morgan fingerprint density at radius 1 is 0.420 bits per heavy atom. The summed E-state index contributed by atoms with van der Waals surface area (Å²) < 4.78 is 63.7. The molecular weight excluding hydrogens is 1590 g/mol. The van der Waals surface area contributed by atoms with Gasteiger partial charge in [-0.1, -0.05) is 54.4 Å². The molecule has 0 aromatic heterocycles. The zero-order valence-corrected chi connectivity index (χ0v) is 69.5. The number of methoxy groups -OCH3 is 5. The molecule has 100 heavy (non-hydrogen) atoms. The highest BCUT2D eigenvalue weighted by Gasteiger charge is 2.41. The molecule has 0 saturated heterocycles. The molecule has 8 rings (SSSR count). The van der Waals surface area contributed by atoms with E-state index in [9.17, 15) is 34.2 Å². The summed E-state index contributed by atoms with van der Waals surface area (Å²) in [4.78, 5) is 55.1. The first-order chi connectivity index (χ1) is 46.6. The molecule has 5 aromatic carbocycles. The van der Waals surface area contributed by atoms with E-state index in [1.807, 2.05) is 39.0 Å². The second kappa shape index (κ2) is 42.4. The van der Waals surface area contributed by atoms with E-state index in [-0.39, 0.29) is 66.4 Å². The van der Waals surface area contributed by atoms with Crippen molar-refractivity contribution in [3.05, 3.63) is 115 Å². The number of halogens is 4. The number of benzene rings is 5. The van der Waals surface area contributed by atoms with Gasteiger partial charge in [0.2, 0.25) is 8.32 Å². The summed E-state index contributed by atoms with van der Waals surface area (Å²) in [5.74, 6) is 4.68. The normalized spacial score (nSPS) is 12.9. The highest BCUT2D eigenvalue weighted by atomic mass is 80.9.